The van der Waals surface area contributed by atoms with Gasteiger partial charge in [-0.1, -0.05) is 28.7 Å². The standard InChI is InChI=1S/C19H21N7O2S2/c1-11(27)21-18-25-23-16(29-18)9-12-5-6-13(8-12)17-24-26-19(30-17)22-15(28)10-14-4-2-3-7-20-14/h2-4,7,12-13H,5-6,8-10H2,1H3,(H,21,25,27)(H,22,26,28). The number of nitrogens with one attached hydrogen (secondary N) is 2. The van der Waals surface area contributed by atoms with E-state index in [1.54, 1.807) is 6.20 Å². The fourth-order valence-electron chi connectivity index (χ4n) is 3.55. The summed E-state index contributed by atoms with van der Waals surface area (Å²) in [4.78, 5) is 27.5. The summed E-state index contributed by atoms with van der Waals surface area (Å²) in [6.07, 6.45) is 5.86. The third-order valence-electron chi connectivity index (χ3n) is 4.86. The van der Waals surface area contributed by atoms with Crippen LogP contribution in [0, 0.1) is 5.92 Å². The number of rotatable bonds is 7. The van der Waals surface area contributed by atoms with Gasteiger partial charge in [-0.15, -0.1) is 20.4 Å². The molecule has 0 aromatic carbocycles. The Bertz CT molecular complexity index is 1020. The first-order valence-electron chi connectivity index (χ1n) is 9.68. The van der Waals surface area contributed by atoms with Gasteiger partial charge in [-0.3, -0.25) is 14.6 Å². The molecule has 2 amide bonds. The summed E-state index contributed by atoms with van der Waals surface area (Å²) in [6.45, 7) is 1.46. The lowest BCUT2D eigenvalue weighted by molar-refractivity contribution is -0.116. The number of nitrogens with zero attached hydrogens (tertiary/aromatic N) is 5. The van der Waals surface area contributed by atoms with Crippen molar-refractivity contribution >= 4 is 44.8 Å². The minimum atomic E-state index is -0.146. The Morgan fingerprint density at radius 2 is 1.90 bits per heavy atom. The normalized spacial score (nSPS) is 18.3. The van der Waals surface area contributed by atoms with E-state index in [1.807, 2.05) is 18.2 Å². The Morgan fingerprint density at radius 3 is 2.70 bits per heavy atom. The van der Waals surface area contributed by atoms with Crippen LogP contribution >= 0.6 is 22.7 Å². The zero-order chi connectivity index (χ0) is 20.9. The highest BCUT2D eigenvalue weighted by Crippen LogP contribution is 2.41. The maximum Gasteiger partial charge on any atom is 0.232 e. The van der Waals surface area contributed by atoms with Gasteiger partial charge in [0.05, 0.1) is 6.42 Å². The number of pyridine rings is 1. The molecule has 0 aliphatic heterocycles. The van der Waals surface area contributed by atoms with E-state index in [9.17, 15) is 9.59 Å². The summed E-state index contributed by atoms with van der Waals surface area (Å²) in [7, 11) is 0. The molecule has 2 N–H and O–H groups in total. The molecule has 11 heteroatoms. The van der Waals surface area contributed by atoms with Crippen LogP contribution in [-0.4, -0.2) is 37.2 Å². The second-order valence-electron chi connectivity index (χ2n) is 7.25. The average Bonchev–Trinajstić information content (AvgIpc) is 3.44. The Labute approximate surface area is 181 Å². The van der Waals surface area contributed by atoms with Crippen molar-refractivity contribution in [2.75, 3.05) is 10.6 Å². The highest BCUT2D eigenvalue weighted by molar-refractivity contribution is 7.15. The summed E-state index contributed by atoms with van der Waals surface area (Å²) < 4.78 is 0. The fourth-order valence-corrected chi connectivity index (χ4v) is 5.36. The van der Waals surface area contributed by atoms with Crippen LogP contribution in [0.2, 0.25) is 0 Å². The van der Waals surface area contributed by atoms with Crippen LogP contribution in [0.1, 0.15) is 47.8 Å². The Balaban J connectivity index is 1.28. The van der Waals surface area contributed by atoms with Crippen molar-refractivity contribution in [2.45, 2.75) is 44.9 Å². The van der Waals surface area contributed by atoms with E-state index in [1.165, 1.54) is 29.6 Å². The van der Waals surface area contributed by atoms with Gasteiger partial charge in [0.1, 0.15) is 10.0 Å². The number of carbonyl (C=O) groups excluding carboxylic acids is 2. The Hall–Kier alpha value is -2.79. The van der Waals surface area contributed by atoms with Crippen LogP contribution in [0.15, 0.2) is 24.4 Å². The van der Waals surface area contributed by atoms with Crippen LogP contribution in [0.25, 0.3) is 0 Å². The molecule has 1 fully saturated rings. The lowest BCUT2D eigenvalue weighted by Crippen LogP contribution is -2.14. The summed E-state index contributed by atoms with van der Waals surface area (Å²) in [5, 5.41) is 25.1. The molecule has 9 nitrogen and oxygen atoms in total. The van der Waals surface area contributed by atoms with Gasteiger partial charge in [0.25, 0.3) is 0 Å². The van der Waals surface area contributed by atoms with Crippen LogP contribution < -0.4 is 10.6 Å². The monoisotopic (exact) mass is 443 g/mol. The van der Waals surface area contributed by atoms with E-state index in [-0.39, 0.29) is 18.2 Å². The smallest absolute Gasteiger partial charge is 0.232 e. The number of aromatic nitrogens is 5. The maximum absolute atomic E-state index is 12.2. The molecule has 0 spiro atoms. The molecule has 4 rings (SSSR count). The van der Waals surface area contributed by atoms with Gasteiger partial charge in [0.15, 0.2) is 0 Å². The van der Waals surface area contributed by atoms with E-state index in [0.29, 0.717) is 22.1 Å². The molecule has 0 saturated heterocycles. The predicted octanol–water partition coefficient (Wildman–Crippen LogP) is 3.05. The molecule has 2 atom stereocenters. The van der Waals surface area contributed by atoms with Crippen molar-refractivity contribution < 1.29 is 9.59 Å². The van der Waals surface area contributed by atoms with Crippen molar-refractivity contribution in [1.29, 1.82) is 0 Å². The molecule has 1 saturated carbocycles. The summed E-state index contributed by atoms with van der Waals surface area (Å²) in [5.41, 5.74) is 0.719. The van der Waals surface area contributed by atoms with E-state index in [2.05, 4.69) is 36.0 Å². The molecule has 30 heavy (non-hydrogen) atoms. The minimum absolute atomic E-state index is 0.141. The molecule has 0 radical (unpaired) electrons. The molecule has 1 aliphatic carbocycles. The van der Waals surface area contributed by atoms with Crippen molar-refractivity contribution in [2.24, 2.45) is 5.92 Å². The predicted molar refractivity (Wildman–Crippen MR) is 114 cm³/mol. The van der Waals surface area contributed by atoms with Gasteiger partial charge in [-0.2, -0.15) is 0 Å². The topological polar surface area (TPSA) is 123 Å². The van der Waals surface area contributed by atoms with Crippen LogP contribution in [-0.2, 0) is 22.4 Å². The van der Waals surface area contributed by atoms with Gasteiger partial charge < -0.3 is 10.6 Å². The van der Waals surface area contributed by atoms with Gasteiger partial charge in [-0.25, -0.2) is 0 Å². The third kappa shape index (κ3) is 5.42. The van der Waals surface area contributed by atoms with Crippen molar-refractivity contribution in [3.63, 3.8) is 0 Å². The molecule has 3 heterocycles. The molecular weight excluding hydrogens is 422 g/mol. The van der Waals surface area contributed by atoms with E-state index in [0.717, 1.165) is 41.4 Å². The second kappa shape index (κ2) is 9.35. The first-order valence-corrected chi connectivity index (χ1v) is 11.3. The number of amides is 2. The summed E-state index contributed by atoms with van der Waals surface area (Å²) in [6, 6.07) is 5.50. The largest absolute Gasteiger partial charge is 0.301 e. The first kappa shape index (κ1) is 20.5. The highest BCUT2D eigenvalue weighted by atomic mass is 32.1. The quantitative estimate of drug-likeness (QED) is 0.575. The van der Waals surface area contributed by atoms with Crippen molar-refractivity contribution in [1.82, 2.24) is 25.4 Å². The SMILES string of the molecule is CC(=O)Nc1nnc(CC2CCC(c3nnc(NC(=O)Cc4ccccn4)s3)C2)s1. The van der Waals surface area contributed by atoms with Gasteiger partial charge in [0, 0.05) is 31.2 Å². The molecule has 1 aliphatic rings. The van der Waals surface area contributed by atoms with Crippen LogP contribution in [0.4, 0.5) is 10.3 Å². The van der Waals surface area contributed by atoms with Gasteiger partial charge >= 0.3 is 0 Å². The van der Waals surface area contributed by atoms with Crippen LogP contribution in [0.5, 0.6) is 0 Å². The van der Waals surface area contributed by atoms with Crippen molar-refractivity contribution in [3.8, 4) is 0 Å². The highest BCUT2D eigenvalue weighted by Gasteiger charge is 2.29. The molecule has 3 aromatic rings. The summed E-state index contributed by atoms with van der Waals surface area (Å²) in [5.74, 6) is 0.556. The van der Waals surface area contributed by atoms with Gasteiger partial charge in [0.2, 0.25) is 22.1 Å². The number of anilines is 2. The first-order chi connectivity index (χ1) is 14.5. The Morgan fingerprint density at radius 1 is 1.07 bits per heavy atom. The zero-order valence-electron chi connectivity index (χ0n) is 16.4. The molecule has 156 valence electrons. The van der Waals surface area contributed by atoms with Crippen molar-refractivity contribution in [3.05, 3.63) is 40.1 Å². The molecule has 3 aromatic heterocycles. The molecular formula is C19H21N7O2S2. The lowest BCUT2D eigenvalue weighted by Gasteiger charge is -2.06. The third-order valence-corrected chi connectivity index (χ3v) is 6.72. The molecule has 0 bridgehead atoms. The van der Waals surface area contributed by atoms with E-state index >= 15 is 0 Å². The van der Waals surface area contributed by atoms with Crippen LogP contribution in [0.3, 0.4) is 0 Å². The summed E-state index contributed by atoms with van der Waals surface area (Å²) >= 11 is 2.87. The molecule has 2 unspecified atom stereocenters. The number of carbonyl (C=O) groups is 2. The lowest BCUT2D eigenvalue weighted by atomic mass is 10.0. The zero-order valence-corrected chi connectivity index (χ0v) is 18.0. The fraction of sp³-hybridized carbons (Fsp3) is 0.421. The number of hydrogen-bond donors (Lipinski definition) is 2. The second-order valence-corrected chi connectivity index (χ2v) is 9.32. The van der Waals surface area contributed by atoms with Gasteiger partial charge in [-0.05, 0) is 37.3 Å². The maximum atomic E-state index is 12.2. The average molecular weight is 444 g/mol. The minimum Gasteiger partial charge on any atom is -0.301 e. The van der Waals surface area contributed by atoms with E-state index in [4.69, 9.17) is 0 Å². The Kier molecular flexibility index (Phi) is 6.38. The van der Waals surface area contributed by atoms with E-state index < -0.39 is 0 Å². The number of hydrogen-bond acceptors (Lipinski definition) is 9.